The SMILES string of the molecule is CO[C@@H](/C=C(\C)C(=O)OCc1ccccc1)[C@@H](O)[C@H](C[C@@H](C)C(=O)OC(C)(C)C)OC. The van der Waals surface area contributed by atoms with Crippen LogP contribution in [0.15, 0.2) is 42.0 Å². The van der Waals surface area contributed by atoms with Crippen molar-refractivity contribution in [2.45, 2.75) is 71.6 Å². The van der Waals surface area contributed by atoms with Gasteiger partial charge in [-0.2, -0.15) is 0 Å². The molecule has 0 aliphatic rings. The quantitative estimate of drug-likeness (QED) is 0.420. The van der Waals surface area contributed by atoms with Crippen molar-refractivity contribution in [1.29, 1.82) is 0 Å². The summed E-state index contributed by atoms with van der Waals surface area (Å²) >= 11 is 0. The van der Waals surface area contributed by atoms with Crippen LogP contribution in [-0.4, -0.2) is 55.2 Å². The van der Waals surface area contributed by atoms with Crippen molar-refractivity contribution in [2.24, 2.45) is 5.92 Å². The Bertz CT molecular complexity index is 721. The Morgan fingerprint density at radius 2 is 1.71 bits per heavy atom. The molecule has 1 N–H and O–H groups in total. The van der Waals surface area contributed by atoms with Crippen LogP contribution in [0.2, 0.25) is 0 Å². The molecule has 0 unspecified atom stereocenters. The van der Waals surface area contributed by atoms with E-state index in [9.17, 15) is 14.7 Å². The number of ether oxygens (including phenoxy) is 4. The summed E-state index contributed by atoms with van der Waals surface area (Å²) in [5.41, 5.74) is 0.584. The number of aliphatic hydroxyl groups is 1. The minimum Gasteiger partial charge on any atom is -0.460 e. The summed E-state index contributed by atoms with van der Waals surface area (Å²) in [6.45, 7) is 8.86. The molecule has 0 heterocycles. The monoisotopic (exact) mass is 436 g/mol. The molecule has 0 aliphatic carbocycles. The summed E-state index contributed by atoms with van der Waals surface area (Å²) in [5, 5.41) is 10.8. The zero-order chi connectivity index (χ0) is 23.6. The third-order valence-corrected chi connectivity index (χ3v) is 4.64. The van der Waals surface area contributed by atoms with E-state index in [2.05, 4.69) is 0 Å². The highest BCUT2D eigenvalue weighted by molar-refractivity contribution is 5.87. The Morgan fingerprint density at radius 1 is 1.10 bits per heavy atom. The van der Waals surface area contributed by atoms with Crippen LogP contribution in [0.4, 0.5) is 0 Å². The number of hydrogen-bond acceptors (Lipinski definition) is 7. The van der Waals surface area contributed by atoms with E-state index in [4.69, 9.17) is 18.9 Å². The lowest BCUT2D eigenvalue weighted by Gasteiger charge is -2.29. The van der Waals surface area contributed by atoms with Gasteiger partial charge in [-0.05, 0) is 45.8 Å². The van der Waals surface area contributed by atoms with Gasteiger partial charge >= 0.3 is 11.9 Å². The minimum atomic E-state index is -1.10. The first kappa shape index (κ1) is 26.8. The Balaban J connectivity index is 2.75. The predicted molar refractivity (Wildman–Crippen MR) is 117 cm³/mol. The van der Waals surface area contributed by atoms with Crippen molar-refractivity contribution in [2.75, 3.05) is 14.2 Å². The van der Waals surface area contributed by atoms with E-state index in [1.807, 2.05) is 30.3 Å². The zero-order valence-electron chi connectivity index (χ0n) is 19.6. The predicted octanol–water partition coefficient (Wildman–Crippen LogP) is 3.43. The highest BCUT2D eigenvalue weighted by atomic mass is 16.6. The Labute approximate surface area is 185 Å². The molecule has 0 saturated carbocycles. The van der Waals surface area contributed by atoms with Crippen molar-refractivity contribution in [3.63, 3.8) is 0 Å². The third-order valence-electron chi connectivity index (χ3n) is 4.64. The number of aliphatic hydroxyl groups excluding tert-OH is 1. The summed E-state index contributed by atoms with van der Waals surface area (Å²) in [6, 6.07) is 9.35. The van der Waals surface area contributed by atoms with Gasteiger partial charge in [-0.3, -0.25) is 4.79 Å². The van der Waals surface area contributed by atoms with Gasteiger partial charge in [0.1, 0.15) is 24.4 Å². The van der Waals surface area contributed by atoms with Gasteiger partial charge in [0, 0.05) is 19.8 Å². The fraction of sp³-hybridized carbons (Fsp3) is 0.583. The molecule has 0 aliphatic heterocycles. The van der Waals surface area contributed by atoms with E-state index < -0.39 is 35.8 Å². The van der Waals surface area contributed by atoms with Crippen molar-refractivity contribution in [3.05, 3.63) is 47.5 Å². The second-order valence-electron chi connectivity index (χ2n) is 8.55. The first-order chi connectivity index (χ1) is 14.5. The van der Waals surface area contributed by atoms with Crippen LogP contribution in [-0.2, 0) is 35.1 Å². The molecule has 1 rings (SSSR count). The van der Waals surface area contributed by atoms with Crippen LogP contribution in [0.1, 0.15) is 46.6 Å². The highest BCUT2D eigenvalue weighted by Gasteiger charge is 2.32. The fourth-order valence-electron chi connectivity index (χ4n) is 2.89. The van der Waals surface area contributed by atoms with Crippen LogP contribution in [0.3, 0.4) is 0 Å². The Morgan fingerprint density at radius 3 is 2.23 bits per heavy atom. The molecule has 0 saturated heterocycles. The number of methoxy groups -OCH3 is 2. The molecule has 0 aromatic heterocycles. The third kappa shape index (κ3) is 9.63. The van der Waals surface area contributed by atoms with Gasteiger partial charge in [-0.15, -0.1) is 0 Å². The molecule has 0 bridgehead atoms. The van der Waals surface area contributed by atoms with E-state index in [0.29, 0.717) is 5.57 Å². The van der Waals surface area contributed by atoms with E-state index >= 15 is 0 Å². The molecule has 7 nitrogen and oxygen atoms in total. The van der Waals surface area contributed by atoms with Gasteiger partial charge in [0.2, 0.25) is 0 Å². The molecule has 7 heteroatoms. The van der Waals surface area contributed by atoms with Crippen molar-refractivity contribution < 1.29 is 33.6 Å². The van der Waals surface area contributed by atoms with Gasteiger partial charge in [0.15, 0.2) is 0 Å². The first-order valence-corrected chi connectivity index (χ1v) is 10.3. The van der Waals surface area contributed by atoms with E-state index in [1.165, 1.54) is 20.3 Å². The maximum Gasteiger partial charge on any atom is 0.333 e. The summed E-state index contributed by atoms with van der Waals surface area (Å²) in [7, 11) is 2.88. The molecule has 0 amide bonds. The Kier molecular flexibility index (Phi) is 10.9. The van der Waals surface area contributed by atoms with Crippen molar-refractivity contribution in [1.82, 2.24) is 0 Å². The van der Waals surface area contributed by atoms with Crippen LogP contribution < -0.4 is 0 Å². The number of esters is 2. The minimum absolute atomic E-state index is 0.152. The van der Waals surface area contributed by atoms with E-state index in [-0.39, 0.29) is 19.0 Å². The molecule has 1 aromatic carbocycles. The fourth-order valence-corrected chi connectivity index (χ4v) is 2.89. The normalized spacial score (nSPS) is 16.2. The van der Waals surface area contributed by atoms with Crippen molar-refractivity contribution in [3.8, 4) is 0 Å². The van der Waals surface area contributed by atoms with E-state index in [1.54, 1.807) is 34.6 Å². The maximum absolute atomic E-state index is 12.3. The maximum atomic E-state index is 12.3. The van der Waals surface area contributed by atoms with Crippen LogP contribution >= 0.6 is 0 Å². The van der Waals surface area contributed by atoms with E-state index in [0.717, 1.165) is 5.56 Å². The lowest BCUT2D eigenvalue weighted by Crippen LogP contribution is -2.41. The average Bonchev–Trinajstić information content (AvgIpc) is 2.72. The van der Waals surface area contributed by atoms with Gasteiger partial charge in [0.25, 0.3) is 0 Å². The number of carbonyl (C=O) groups is 2. The highest BCUT2D eigenvalue weighted by Crippen LogP contribution is 2.20. The lowest BCUT2D eigenvalue weighted by atomic mass is 9.96. The molecule has 174 valence electrons. The standard InChI is InChI=1S/C24H36O7/c1-16(22(26)30-15-18-11-9-8-10-12-18)13-19(28-6)21(25)20(29-7)14-17(2)23(27)31-24(3,4)5/h8-13,17,19-21,25H,14-15H2,1-7H3/b16-13+/t17-,19+,20+,21-/m1/s1. The number of benzene rings is 1. The van der Waals surface area contributed by atoms with Gasteiger partial charge in [-0.25, -0.2) is 4.79 Å². The summed E-state index contributed by atoms with van der Waals surface area (Å²) in [5.74, 6) is -1.36. The largest absolute Gasteiger partial charge is 0.460 e. The molecule has 0 spiro atoms. The average molecular weight is 437 g/mol. The lowest BCUT2D eigenvalue weighted by molar-refractivity contribution is -0.162. The van der Waals surface area contributed by atoms with Crippen LogP contribution in [0.5, 0.6) is 0 Å². The second kappa shape index (κ2) is 12.6. The first-order valence-electron chi connectivity index (χ1n) is 10.3. The van der Waals surface area contributed by atoms with Gasteiger partial charge in [-0.1, -0.05) is 37.3 Å². The molecular formula is C24H36O7. The summed E-state index contributed by atoms with van der Waals surface area (Å²) in [6.07, 6.45) is -0.881. The zero-order valence-corrected chi connectivity index (χ0v) is 19.6. The van der Waals surface area contributed by atoms with Crippen molar-refractivity contribution >= 4 is 11.9 Å². The molecular weight excluding hydrogens is 400 g/mol. The van der Waals surface area contributed by atoms with Gasteiger partial charge < -0.3 is 24.1 Å². The molecule has 0 radical (unpaired) electrons. The topological polar surface area (TPSA) is 91.3 Å². The van der Waals surface area contributed by atoms with Crippen LogP contribution in [0.25, 0.3) is 0 Å². The number of rotatable bonds is 11. The number of carbonyl (C=O) groups excluding carboxylic acids is 2. The molecule has 1 aromatic rings. The second-order valence-corrected chi connectivity index (χ2v) is 8.55. The number of hydrogen-bond donors (Lipinski definition) is 1. The summed E-state index contributed by atoms with van der Waals surface area (Å²) < 4.78 is 21.5. The van der Waals surface area contributed by atoms with Gasteiger partial charge in [0.05, 0.1) is 12.0 Å². The summed E-state index contributed by atoms with van der Waals surface area (Å²) in [4.78, 5) is 24.6. The smallest absolute Gasteiger partial charge is 0.333 e. The molecule has 0 fully saturated rings. The molecule has 4 atom stereocenters. The Hall–Kier alpha value is -2.22. The van der Waals surface area contributed by atoms with Crippen LogP contribution in [0, 0.1) is 5.92 Å². The molecule has 31 heavy (non-hydrogen) atoms.